The van der Waals surface area contributed by atoms with E-state index >= 15 is 0 Å². The number of hydrogen-bond acceptors (Lipinski definition) is 6. The Balaban J connectivity index is 2.11. The van der Waals surface area contributed by atoms with Crippen LogP contribution in [0.25, 0.3) is 11.4 Å². The summed E-state index contributed by atoms with van der Waals surface area (Å²) in [4.78, 5) is 12.0. The lowest BCUT2D eigenvalue weighted by atomic mass is 10.2. The van der Waals surface area contributed by atoms with Crippen LogP contribution in [0.2, 0.25) is 0 Å². The van der Waals surface area contributed by atoms with Crippen LogP contribution >= 0.6 is 11.8 Å². The lowest BCUT2D eigenvalue weighted by Gasteiger charge is -2.12. The van der Waals surface area contributed by atoms with Crippen molar-refractivity contribution in [3.63, 3.8) is 0 Å². The number of ether oxygens (including phenoxy) is 2. The summed E-state index contributed by atoms with van der Waals surface area (Å²) in [7, 11) is 5.10. The second-order valence-electron chi connectivity index (χ2n) is 5.11. The molecule has 0 aliphatic carbocycles. The van der Waals surface area contributed by atoms with Crippen molar-refractivity contribution in [2.24, 2.45) is 7.05 Å². The third kappa shape index (κ3) is 4.27. The van der Waals surface area contributed by atoms with Crippen LogP contribution in [0.3, 0.4) is 0 Å². The highest BCUT2D eigenvalue weighted by Crippen LogP contribution is 2.30. The summed E-state index contributed by atoms with van der Waals surface area (Å²) in [6, 6.07) is 7.63. The molecule has 1 amide bonds. The minimum Gasteiger partial charge on any atom is -0.496 e. The second kappa shape index (κ2) is 8.70. The van der Waals surface area contributed by atoms with Crippen molar-refractivity contribution in [1.29, 1.82) is 0 Å². The minimum atomic E-state index is -0.282. The number of carbonyl (C=O) groups excluding carboxylic acids is 1. The van der Waals surface area contributed by atoms with Crippen molar-refractivity contribution in [3.05, 3.63) is 24.3 Å². The fraction of sp³-hybridized carbons (Fsp3) is 0.438. The highest BCUT2D eigenvalue weighted by Gasteiger charge is 2.20. The van der Waals surface area contributed by atoms with Crippen LogP contribution in [0.15, 0.2) is 29.4 Å². The number of methoxy groups -OCH3 is 2. The molecule has 1 N–H and O–H groups in total. The number of thioether (sulfide) groups is 1. The predicted octanol–water partition coefficient (Wildman–Crippen LogP) is 1.73. The third-order valence-electron chi connectivity index (χ3n) is 3.44. The molecule has 130 valence electrons. The summed E-state index contributed by atoms with van der Waals surface area (Å²) >= 11 is 1.36. The molecule has 24 heavy (non-hydrogen) atoms. The number of amides is 1. The number of nitrogens with zero attached hydrogens (tertiary/aromatic N) is 3. The van der Waals surface area contributed by atoms with Crippen molar-refractivity contribution < 1.29 is 14.3 Å². The summed E-state index contributed by atoms with van der Waals surface area (Å²) in [6.07, 6.45) is 0. The van der Waals surface area contributed by atoms with Gasteiger partial charge in [-0.25, -0.2) is 0 Å². The van der Waals surface area contributed by atoms with Crippen LogP contribution in [-0.4, -0.2) is 53.3 Å². The predicted molar refractivity (Wildman–Crippen MR) is 93.2 cm³/mol. The van der Waals surface area contributed by atoms with Gasteiger partial charge >= 0.3 is 0 Å². The lowest BCUT2D eigenvalue weighted by Crippen LogP contribution is -2.33. The molecule has 0 saturated carbocycles. The standard InChI is InChI=1S/C16H22N4O3S/c1-11(15(21)17-9-10-22-3)24-16-19-18-14(20(16)2)12-7-5-6-8-13(12)23-4/h5-8,11H,9-10H2,1-4H3,(H,17,21)/t11-/m0/s1. The third-order valence-corrected chi connectivity index (χ3v) is 4.57. The van der Waals surface area contributed by atoms with E-state index in [1.54, 1.807) is 14.2 Å². The number of benzene rings is 1. The first-order chi connectivity index (χ1) is 11.6. The van der Waals surface area contributed by atoms with Crippen molar-refractivity contribution in [1.82, 2.24) is 20.1 Å². The van der Waals surface area contributed by atoms with Crippen LogP contribution in [0, 0.1) is 0 Å². The summed E-state index contributed by atoms with van der Waals surface area (Å²) < 4.78 is 12.2. The SMILES string of the molecule is COCCNC(=O)[C@H](C)Sc1nnc(-c2ccccc2OC)n1C. The molecule has 0 spiro atoms. The van der Waals surface area contributed by atoms with Gasteiger partial charge in [0.05, 0.1) is 24.5 Å². The maximum absolute atomic E-state index is 12.0. The normalized spacial score (nSPS) is 12.0. The van der Waals surface area contributed by atoms with E-state index in [0.29, 0.717) is 24.1 Å². The Labute approximate surface area is 145 Å². The molecule has 0 bridgehead atoms. The topological polar surface area (TPSA) is 78.3 Å². The molecule has 1 aromatic carbocycles. The molecule has 1 atom stereocenters. The molecule has 0 aliphatic rings. The Kier molecular flexibility index (Phi) is 6.62. The Bertz CT molecular complexity index is 690. The maximum atomic E-state index is 12.0. The van der Waals surface area contributed by atoms with Crippen LogP contribution in [-0.2, 0) is 16.6 Å². The average Bonchev–Trinajstić information content (AvgIpc) is 2.95. The largest absolute Gasteiger partial charge is 0.496 e. The Morgan fingerprint density at radius 2 is 2.08 bits per heavy atom. The molecule has 0 saturated heterocycles. The fourth-order valence-electron chi connectivity index (χ4n) is 2.11. The molecule has 2 rings (SSSR count). The molecule has 8 heteroatoms. The first kappa shape index (κ1) is 18.3. The minimum absolute atomic E-state index is 0.0566. The van der Waals surface area contributed by atoms with Crippen molar-refractivity contribution in [2.45, 2.75) is 17.3 Å². The van der Waals surface area contributed by atoms with Gasteiger partial charge in [0.2, 0.25) is 5.91 Å². The second-order valence-corrected chi connectivity index (χ2v) is 6.42. The van der Waals surface area contributed by atoms with Gasteiger partial charge in [0, 0.05) is 20.7 Å². The van der Waals surface area contributed by atoms with E-state index in [2.05, 4.69) is 15.5 Å². The number of aromatic nitrogens is 3. The molecular weight excluding hydrogens is 328 g/mol. The lowest BCUT2D eigenvalue weighted by molar-refractivity contribution is -0.120. The average molecular weight is 350 g/mol. The Morgan fingerprint density at radius 3 is 2.79 bits per heavy atom. The zero-order valence-electron chi connectivity index (χ0n) is 14.3. The molecule has 0 fully saturated rings. The summed E-state index contributed by atoms with van der Waals surface area (Å²) in [5, 5.41) is 11.7. The van der Waals surface area contributed by atoms with E-state index in [4.69, 9.17) is 9.47 Å². The number of carbonyl (C=O) groups is 1. The van der Waals surface area contributed by atoms with Crippen molar-refractivity contribution in [2.75, 3.05) is 27.4 Å². The monoisotopic (exact) mass is 350 g/mol. The van der Waals surface area contributed by atoms with E-state index < -0.39 is 0 Å². The molecule has 0 radical (unpaired) electrons. The number of nitrogens with one attached hydrogen (secondary N) is 1. The van der Waals surface area contributed by atoms with Gasteiger partial charge in [-0.15, -0.1) is 10.2 Å². The zero-order valence-corrected chi connectivity index (χ0v) is 15.1. The van der Waals surface area contributed by atoms with Crippen LogP contribution in [0.4, 0.5) is 0 Å². The van der Waals surface area contributed by atoms with E-state index in [1.165, 1.54) is 11.8 Å². The van der Waals surface area contributed by atoms with Gasteiger partial charge in [-0.1, -0.05) is 23.9 Å². The summed E-state index contributed by atoms with van der Waals surface area (Å²) in [5.74, 6) is 1.37. The maximum Gasteiger partial charge on any atom is 0.233 e. The van der Waals surface area contributed by atoms with Crippen molar-refractivity contribution >= 4 is 17.7 Å². The van der Waals surface area contributed by atoms with Gasteiger partial charge < -0.3 is 19.4 Å². The van der Waals surface area contributed by atoms with Crippen LogP contribution < -0.4 is 10.1 Å². The molecule has 0 unspecified atom stereocenters. The van der Waals surface area contributed by atoms with Crippen molar-refractivity contribution in [3.8, 4) is 17.1 Å². The van der Waals surface area contributed by atoms with Gasteiger partial charge in [-0.3, -0.25) is 4.79 Å². The highest BCUT2D eigenvalue weighted by atomic mass is 32.2. The summed E-state index contributed by atoms with van der Waals surface area (Å²) in [5.41, 5.74) is 0.860. The molecule has 1 aromatic heterocycles. The molecule has 7 nitrogen and oxygen atoms in total. The summed E-state index contributed by atoms with van der Waals surface area (Å²) in [6.45, 7) is 2.82. The zero-order chi connectivity index (χ0) is 17.5. The van der Waals surface area contributed by atoms with Crippen LogP contribution in [0.5, 0.6) is 5.75 Å². The molecule has 1 heterocycles. The smallest absolute Gasteiger partial charge is 0.233 e. The van der Waals surface area contributed by atoms with E-state index in [1.807, 2.05) is 42.8 Å². The molecule has 2 aromatic rings. The van der Waals surface area contributed by atoms with E-state index in [0.717, 1.165) is 11.3 Å². The quantitative estimate of drug-likeness (QED) is 0.577. The Hall–Kier alpha value is -2.06. The number of para-hydroxylation sites is 1. The fourth-order valence-corrected chi connectivity index (χ4v) is 2.95. The van der Waals surface area contributed by atoms with Gasteiger partial charge in [0.25, 0.3) is 0 Å². The first-order valence-corrected chi connectivity index (χ1v) is 8.42. The Morgan fingerprint density at radius 1 is 1.33 bits per heavy atom. The van der Waals surface area contributed by atoms with Gasteiger partial charge in [0.1, 0.15) is 5.75 Å². The highest BCUT2D eigenvalue weighted by molar-refractivity contribution is 8.00. The van der Waals surface area contributed by atoms with E-state index in [9.17, 15) is 4.79 Å². The first-order valence-electron chi connectivity index (χ1n) is 7.54. The van der Waals surface area contributed by atoms with Crippen LogP contribution in [0.1, 0.15) is 6.92 Å². The van der Waals surface area contributed by atoms with E-state index in [-0.39, 0.29) is 11.2 Å². The molecular formula is C16H22N4O3S. The van der Waals surface area contributed by atoms with Gasteiger partial charge in [-0.2, -0.15) is 0 Å². The number of rotatable bonds is 8. The number of hydrogen-bond donors (Lipinski definition) is 1. The van der Waals surface area contributed by atoms with Gasteiger partial charge in [0.15, 0.2) is 11.0 Å². The molecule has 0 aliphatic heterocycles. The van der Waals surface area contributed by atoms with Gasteiger partial charge in [-0.05, 0) is 19.1 Å².